The summed E-state index contributed by atoms with van der Waals surface area (Å²) in [5, 5.41) is 15.7. The Labute approximate surface area is 135 Å². The van der Waals surface area contributed by atoms with Crippen LogP contribution in [0.2, 0.25) is 0 Å². The zero-order valence-electron chi connectivity index (χ0n) is 12.4. The molecule has 0 saturated heterocycles. The first kappa shape index (κ1) is 18.4. The molecule has 0 radical (unpaired) electrons. The lowest BCUT2D eigenvalue weighted by Gasteiger charge is -2.09. The molecule has 3 atom stereocenters. The van der Waals surface area contributed by atoms with Crippen molar-refractivity contribution in [3.63, 3.8) is 0 Å². The Morgan fingerprint density at radius 2 is 2.29 bits per heavy atom. The maximum Gasteiger partial charge on any atom is 0.223 e. The molecule has 2 rings (SSSR count). The first-order chi connectivity index (χ1) is 9.47. The average molecular weight is 334 g/mol. The van der Waals surface area contributed by atoms with Crippen molar-refractivity contribution >= 4 is 29.7 Å². The number of thiazole rings is 1. The van der Waals surface area contributed by atoms with E-state index < -0.39 is 6.10 Å². The third kappa shape index (κ3) is 4.92. The van der Waals surface area contributed by atoms with Crippen LogP contribution in [0, 0.1) is 5.92 Å². The molecule has 120 valence electrons. The van der Waals surface area contributed by atoms with Gasteiger partial charge in [-0.15, -0.1) is 23.7 Å². The quantitative estimate of drug-likeness (QED) is 0.761. The lowest BCUT2D eigenvalue weighted by molar-refractivity contribution is -0.125. The maximum atomic E-state index is 11.9. The summed E-state index contributed by atoms with van der Waals surface area (Å²) in [7, 11) is 0. The summed E-state index contributed by atoms with van der Waals surface area (Å²) in [6.07, 6.45) is 1.25. The molecule has 1 aromatic rings. The molecule has 0 unspecified atom stereocenters. The molecule has 1 aromatic heterocycles. The van der Waals surface area contributed by atoms with Crippen LogP contribution in [0.15, 0.2) is 5.38 Å². The summed E-state index contributed by atoms with van der Waals surface area (Å²) in [4.78, 5) is 16.5. The van der Waals surface area contributed by atoms with Gasteiger partial charge in [-0.05, 0) is 12.8 Å². The fourth-order valence-electron chi connectivity index (χ4n) is 2.42. The second kappa shape index (κ2) is 8.08. The molecule has 1 saturated carbocycles. The normalized spacial score (nSPS) is 24.9. The predicted molar refractivity (Wildman–Crippen MR) is 86.9 cm³/mol. The van der Waals surface area contributed by atoms with Crippen LogP contribution in [0.4, 0.5) is 0 Å². The number of rotatable bonds is 5. The average Bonchev–Trinajstić information content (AvgIpc) is 2.98. The number of nitrogens with two attached hydrogens (primary N) is 1. The number of carbonyl (C=O) groups excluding carboxylic acids is 1. The standard InChI is InChI=1S/C14H23N3O2S.ClH/c1-8(2)14-17-10(7-20-14)3-4-16-13(19)9-5-11(15)12(18)6-9;/h7-9,11-12,18H,3-6,15H2,1-2H3,(H,16,19);1H/t9-,11+,12+;/m0./s1. The highest BCUT2D eigenvalue weighted by molar-refractivity contribution is 7.09. The van der Waals surface area contributed by atoms with Gasteiger partial charge in [-0.25, -0.2) is 4.98 Å². The fraction of sp³-hybridized carbons (Fsp3) is 0.714. The Kier molecular flexibility index (Phi) is 7.06. The number of aliphatic hydroxyl groups excluding tert-OH is 1. The summed E-state index contributed by atoms with van der Waals surface area (Å²) in [6.45, 7) is 4.83. The zero-order chi connectivity index (χ0) is 14.7. The van der Waals surface area contributed by atoms with E-state index in [1.165, 1.54) is 0 Å². The molecule has 5 nitrogen and oxygen atoms in total. The highest BCUT2D eigenvalue weighted by atomic mass is 35.5. The Morgan fingerprint density at radius 1 is 1.57 bits per heavy atom. The summed E-state index contributed by atoms with van der Waals surface area (Å²) in [6, 6.07) is -0.266. The number of halogens is 1. The van der Waals surface area contributed by atoms with Gasteiger partial charge in [0, 0.05) is 36.2 Å². The third-order valence-electron chi connectivity index (χ3n) is 3.69. The first-order valence-electron chi connectivity index (χ1n) is 7.13. The molecule has 1 amide bonds. The minimum atomic E-state index is -0.544. The number of carbonyl (C=O) groups is 1. The van der Waals surface area contributed by atoms with Gasteiger partial charge in [-0.2, -0.15) is 0 Å². The van der Waals surface area contributed by atoms with E-state index in [9.17, 15) is 9.90 Å². The second-order valence-corrected chi connectivity index (χ2v) is 6.66. The van der Waals surface area contributed by atoms with Gasteiger partial charge in [0.1, 0.15) is 0 Å². The van der Waals surface area contributed by atoms with Gasteiger partial charge < -0.3 is 16.2 Å². The fourth-order valence-corrected chi connectivity index (χ4v) is 3.29. The van der Waals surface area contributed by atoms with E-state index >= 15 is 0 Å². The van der Waals surface area contributed by atoms with Crippen molar-refractivity contribution in [3.8, 4) is 0 Å². The molecular formula is C14H24ClN3O2S. The monoisotopic (exact) mass is 333 g/mol. The van der Waals surface area contributed by atoms with Gasteiger partial charge in [0.2, 0.25) is 5.91 Å². The summed E-state index contributed by atoms with van der Waals surface area (Å²) in [5.41, 5.74) is 6.75. The van der Waals surface area contributed by atoms with Crippen LogP contribution in [0.3, 0.4) is 0 Å². The van der Waals surface area contributed by atoms with Crippen molar-refractivity contribution in [3.05, 3.63) is 16.1 Å². The molecule has 1 fully saturated rings. The van der Waals surface area contributed by atoms with E-state index in [1.807, 2.05) is 0 Å². The van der Waals surface area contributed by atoms with Gasteiger partial charge >= 0.3 is 0 Å². The van der Waals surface area contributed by atoms with Crippen LogP contribution >= 0.6 is 23.7 Å². The number of hydrogen-bond donors (Lipinski definition) is 3. The van der Waals surface area contributed by atoms with Crippen molar-refractivity contribution in [2.75, 3.05) is 6.54 Å². The number of aliphatic hydroxyl groups is 1. The van der Waals surface area contributed by atoms with Crippen molar-refractivity contribution in [2.45, 2.75) is 51.2 Å². The Bertz CT molecular complexity index is 457. The minimum Gasteiger partial charge on any atom is -0.391 e. The second-order valence-electron chi connectivity index (χ2n) is 5.77. The van der Waals surface area contributed by atoms with E-state index in [1.54, 1.807) is 11.3 Å². The largest absolute Gasteiger partial charge is 0.391 e. The van der Waals surface area contributed by atoms with E-state index in [2.05, 4.69) is 29.5 Å². The number of aromatic nitrogens is 1. The van der Waals surface area contributed by atoms with Crippen molar-refractivity contribution in [1.29, 1.82) is 0 Å². The number of amides is 1. The molecule has 0 aliphatic heterocycles. The topological polar surface area (TPSA) is 88.2 Å². The molecule has 0 aromatic carbocycles. The number of hydrogen-bond acceptors (Lipinski definition) is 5. The first-order valence-corrected chi connectivity index (χ1v) is 8.01. The van der Waals surface area contributed by atoms with E-state index in [0.717, 1.165) is 17.1 Å². The number of nitrogens with one attached hydrogen (secondary N) is 1. The van der Waals surface area contributed by atoms with Crippen molar-refractivity contribution in [2.24, 2.45) is 11.7 Å². The van der Waals surface area contributed by atoms with E-state index in [-0.39, 0.29) is 30.3 Å². The highest BCUT2D eigenvalue weighted by Gasteiger charge is 2.34. The van der Waals surface area contributed by atoms with E-state index in [0.29, 0.717) is 25.3 Å². The van der Waals surface area contributed by atoms with Crippen LogP contribution in [0.5, 0.6) is 0 Å². The van der Waals surface area contributed by atoms with Crippen LogP contribution in [-0.4, -0.2) is 34.7 Å². The van der Waals surface area contributed by atoms with Crippen molar-refractivity contribution in [1.82, 2.24) is 10.3 Å². The van der Waals surface area contributed by atoms with Gasteiger partial charge in [0.25, 0.3) is 0 Å². The van der Waals surface area contributed by atoms with Gasteiger partial charge in [0.15, 0.2) is 0 Å². The van der Waals surface area contributed by atoms with Crippen LogP contribution in [-0.2, 0) is 11.2 Å². The Hall–Kier alpha value is -0.690. The lowest BCUT2D eigenvalue weighted by Crippen LogP contribution is -2.32. The molecule has 1 aliphatic carbocycles. The molecule has 1 heterocycles. The molecule has 7 heteroatoms. The minimum absolute atomic E-state index is 0. The van der Waals surface area contributed by atoms with Gasteiger partial charge in [-0.1, -0.05) is 13.8 Å². The molecule has 0 bridgehead atoms. The molecule has 4 N–H and O–H groups in total. The summed E-state index contributed by atoms with van der Waals surface area (Å²) >= 11 is 1.67. The number of nitrogens with zero attached hydrogens (tertiary/aromatic N) is 1. The van der Waals surface area contributed by atoms with Crippen LogP contribution in [0.25, 0.3) is 0 Å². The zero-order valence-corrected chi connectivity index (χ0v) is 14.0. The van der Waals surface area contributed by atoms with Gasteiger partial charge in [0.05, 0.1) is 16.8 Å². The third-order valence-corrected chi connectivity index (χ3v) is 4.89. The SMILES string of the molecule is CC(C)c1nc(CCNC(=O)[C@H]2C[C@@H](N)[C@H](O)C2)cs1.Cl. The molecular weight excluding hydrogens is 310 g/mol. The smallest absolute Gasteiger partial charge is 0.223 e. The Balaban J connectivity index is 0.00000220. The van der Waals surface area contributed by atoms with E-state index in [4.69, 9.17) is 5.73 Å². The molecule has 21 heavy (non-hydrogen) atoms. The predicted octanol–water partition coefficient (Wildman–Crippen LogP) is 1.45. The lowest BCUT2D eigenvalue weighted by atomic mass is 10.1. The molecule has 0 spiro atoms. The summed E-state index contributed by atoms with van der Waals surface area (Å²) < 4.78 is 0. The maximum absolute atomic E-state index is 11.9. The van der Waals surface area contributed by atoms with Crippen molar-refractivity contribution < 1.29 is 9.90 Å². The van der Waals surface area contributed by atoms with Gasteiger partial charge in [-0.3, -0.25) is 4.79 Å². The highest BCUT2D eigenvalue weighted by Crippen LogP contribution is 2.24. The van der Waals surface area contributed by atoms with Crippen LogP contribution < -0.4 is 11.1 Å². The Morgan fingerprint density at radius 3 is 2.81 bits per heavy atom. The summed E-state index contributed by atoms with van der Waals surface area (Å²) in [5.74, 6) is 0.294. The molecule has 1 aliphatic rings. The van der Waals surface area contributed by atoms with Crippen LogP contribution in [0.1, 0.15) is 43.3 Å².